The Labute approximate surface area is 110 Å². The van der Waals surface area contributed by atoms with Gasteiger partial charge in [-0.15, -0.1) is 0 Å². The standard InChI is InChI=1S/C15H26O3/c1-9(2)11-4-5-15(3)12(11)6-10(8-16)7-13(17)14(15)18/h6,9,11-14,16-18H,4-5,7-8H2,1-3H3. The zero-order valence-corrected chi connectivity index (χ0v) is 11.6. The molecule has 0 bridgehead atoms. The molecular formula is C15H26O3. The maximum Gasteiger partial charge on any atom is 0.0861 e. The molecule has 5 unspecified atom stereocenters. The summed E-state index contributed by atoms with van der Waals surface area (Å²) in [6, 6.07) is 0. The van der Waals surface area contributed by atoms with E-state index in [9.17, 15) is 15.3 Å². The molecule has 2 aliphatic carbocycles. The number of aliphatic hydroxyl groups excluding tert-OH is 3. The first-order valence-corrected chi connectivity index (χ1v) is 7.06. The quantitative estimate of drug-likeness (QED) is 0.658. The zero-order chi connectivity index (χ0) is 13.5. The van der Waals surface area contributed by atoms with Crippen LogP contribution in [-0.4, -0.2) is 34.1 Å². The highest BCUT2D eigenvalue weighted by Gasteiger charge is 2.52. The molecule has 0 radical (unpaired) electrons. The Morgan fingerprint density at radius 3 is 2.61 bits per heavy atom. The van der Waals surface area contributed by atoms with Gasteiger partial charge in [-0.25, -0.2) is 0 Å². The second-order valence-electron chi connectivity index (χ2n) is 6.68. The van der Waals surface area contributed by atoms with Crippen LogP contribution in [0.15, 0.2) is 11.6 Å². The van der Waals surface area contributed by atoms with Crippen LogP contribution < -0.4 is 0 Å². The number of allylic oxidation sites excluding steroid dienone is 1. The maximum absolute atomic E-state index is 10.4. The van der Waals surface area contributed by atoms with Crippen molar-refractivity contribution in [2.45, 2.75) is 52.2 Å². The molecule has 0 heterocycles. The van der Waals surface area contributed by atoms with Crippen molar-refractivity contribution in [2.24, 2.45) is 23.2 Å². The smallest absolute Gasteiger partial charge is 0.0861 e. The predicted molar refractivity (Wildman–Crippen MR) is 71.0 cm³/mol. The minimum atomic E-state index is -0.746. The van der Waals surface area contributed by atoms with Gasteiger partial charge in [0.1, 0.15) is 0 Å². The predicted octanol–water partition coefficient (Wildman–Crippen LogP) is 1.72. The van der Waals surface area contributed by atoms with Gasteiger partial charge in [-0.2, -0.15) is 0 Å². The van der Waals surface area contributed by atoms with Crippen molar-refractivity contribution >= 4 is 0 Å². The molecule has 104 valence electrons. The Balaban J connectivity index is 2.38. The molecule has 1 fully saturated rings. The normalized spacial score (nSPS) is 44.7. The number of hydrogen-bond acceptors (Lipinski definition) is 3. The summed E-state index contributed by atoms with van der Waals surface area (Å²) in [5.74, 6) is 1.37. The molecule has 3 N–H and O–H groups in total. The van der Waals surface area contributed by atoms with Crippen molar-refractivity contribution in [1.82, 2.24) is 0 Å². The molecule has 0 saturated heterocycles. The van der Waals surface area contributed by atoms with Crippen LogP contribution in [0.2, 0.25) is 0 Å². The van der Waals surface area contributed by atoms with Crippen LogP contribution in [0, 0.1) is 23.2 Å². The Kier molecular flexibility index (Phi) is 3.86. The first-order valence-electron chi connectivity index (χ1n) is 7.06. The summed E-state index contributed by atoms with van der Waals surface area (Å²) in [6.07, 6.45) is 3.15. The Morgan fingerprint density at radius 1 is 1.39 bits per heavy atom. The Bertz CT molecular complexity index is 337. The molecule has 3 nitrogen and oxygen atoms in total. The number of fused-ring (bicyclic) bond motifs is 1. The third-order valence-corrected chi connectivity index (χ3v) is 5.23. The molecular weight excluding hydrogens is 228 g/mol. The summed E-state index contributed by atoms with van der Waals surface area (Å²) >= 11 is 0. The van der Waals surface area contributed by atoms with Crippen LogP contribution in [0.3, 0.4) is 0 Å². The third-order valence-electron chi connectivity index (χ3n) is 5.23. The van der Waals surface area contributed by atoms with Crippen LogP contribution in [0.4, 0.5) is 0 Å². The fourth-order valence-corrected chi connectivity index (χ4v) is 3.98. The van der Waals surface area contributed by atoms with Crippen LogP contribution in [-0.2, 0) is 0 Å². The van der Waals surface area contributed by atoms with Gasteiger partial charge in [0.2, 0.25) is 0 Å². The van der Waals surface area contributed by atoms with Crippen molar-refractivity contribution in [2.75, 3.05) is 6.61 Å². The molecule has 2 rings (SSSR count). The zero-order valence-electron chi connectivity index (χ0n) is 11.6. The summed E-state index contributed by atoms with van der Waals surface area (Å²) in [6.45, 7) is 6.51. The van der Waals surface area contributed by atoms with Gasteiger partial charge >= 0.3 is 0 Å². The number of rotatable bonds is 2. The highest BCUT2D eigenvalue weighted by atomic mass is 16.3. The molecule has 0 aromatic carbocycles. The third kappa shape index (κ3) is 2.13. The van der Waals surface area contributed by atoms with Gasteiger partial charge in [-0.3, -0.25) is 0 Å². The summed E-state index contributed by atoms with van der Waals surface area (Å²) in [4.78, 5) is 0. The van der Waals surface area contributed by atoms with E-state index in [-0.39, 0.29) is 17.9 Å². The number of hydrogen-bond donors (Lipinski definition) is 3. The van der Waals surface area contributed by atoms with E-state index in [0.29, 0.717) is 18.3 Å². The van der Waals surface area contributed by atoms with Gasteiger partial charge in [0.05, 0.1) is 18.8 Å². The van der Waals surface area contributed by atoms with E-state index in [4.69, 9.17) is 0 Å². The lowest BCUT2D eigenvalue weighted by Crippen LogP contribution is -2.43. The van der Waals surface area contributed by atoms with Crippen molar-refractivity contribution in [1.29, 1.82) is 0 Å². The van der Waals surface area contributed by atoms with Gasteiger partial charge < -0.3 is 15.3 Å². The molecule has 0 aromatic heterocycles. The first kappa shape index (κ1) is 14.0. The van der Waals surface area contributed by atoms with E-state index < -0.39 is 12.2 Å². The fraction of sp³-hybridized carbons (Fsp3) is 0.867. The minimum Gasteiger partial charge on any atom is -0.392 e. The topological polar surface area (TPSA) is 60.7 Å². The van der Waals surface area contributed by atoms with E-state index in [1.807, 2.05) is 0 Å². The largest absolute Gasteiger partial charge is 0.392 e. The lowest BCUT2D eigenvalue weighted by Gasteiger charge is -2.37. The molecule has 5 atom stereocenters. The summed E-state index contributed by atoms with van der Waals surface area (Å²) in [5, 5.41) is 29.9. The minimum absolute atomic E-state index is 0.0127. The highest BCUT2D eigenvalue weighted by Crippen LogP contribution is 2.54. The maximum atomic E-state index is 10.4. The van der Waals surface area contributed by atoms with Crippen LogP contribution in [0.25, 0.3) is 0 Å². The monoisotopic (exact) mass is 254 g/mol. The lowest BCUT2D eigenvalue weighted by atomic mass is 9.70. The molecule has 0 aromatic rings. The fourth-order valence-electron chi connectivity index (χ4n) is 3.98. The van der Waals surface area contributed by atoms with Crippen LogP contribution in [0.5, 0.6) is 0 Å². The molecule has 18 heavy (non-hydrogen) atoms. The highest BCUT2D eigenvalue weighted by molar-refractivity contribution is 5.18. The Morgan fingerprint density at radius 2 is 2.06 bits per heavy atom. The van der Waals surface area contributed by atoms with E-state index >= 15 is 0 Å². The van der Waals surface area contributed by atoms with E-state index in [1.54, 1.807) is 0 Å². The summed E-state index contributed by atoms with van der Waals surface area (Å²) < 4.78 is 0. The van der Waals surface area contributed by atoms with Gasteiger partial charge in [0, 0.05) is 5.41 Å². The molecule has 0 aliphatic heterocycles. The summed E-state index contributed by atoms with van der Waals surface area (Å²) in [7, 11) is 0. The van der Waals surface area contributed by atoms with Crippen molar-refractivity contribution < 1.29 is 15.3 Å². The molecule has 0 spiro atoms. The van der Waals surface area contributed by atoms with Crippen molar-refractivity contribution in [3.8, 4) is 0 Å². The average Bonchev–Trinajstić information content (AvgIpc) is 2.62. The van der Waals surface area contributed by atoms with Crippen molar-refractivity contribution in [3.05, 3.63) is 11.6 Å². The molecule has 0 amide bonds. The van der Waals surface area contributed by atoms with Gasteiger partial charge in [-0.05, 0) is 42.6 Å². The molecule has 2 aliphatic rings. The van der Waals surface area contributed by atoms with Gasteiger partial charge in [-0.1, -0.05) is 26.8 Å². The molecule has 1 saturated carbocycles. The van der Waals surface area contributed by atoms with Crippen LogP contribution in [0.1, 0.15) is 40.0 Å². The van der Waals surface area contributed by atoms with E-state index in [2.05, 4.69) is 26.8 Å². The van der Waals surface area contributed by atoms with Crippen LogP contribution >= 0.6 is 0 Å². The van der Waals surface area contributed by atoms with E-state index in [1.165, 1.54) is 0 Å². The lowest BCUT2D eigenvalue weighted by molar-refractivity contribution is -0.0671. The number of aliphatic hydroxyl groups is 3. The second kappa shape index (κ2) is 4.95. The van der Waals surface area contributed by atoms with Gasteiger partial charge in [0.25, 0.3) is 0 Å². The van der Waals surface area contributed by atoms with E-state index in [0.717, 1.165) is 18.4 Å². The Hall–Kier alpha value is -0.380. The average molecular weight is 254 g/mol. The van der Waals surface area contributed by atoms with Gasteiger partial charge in [0.15, 0.2) is 0 Å². The molecule has 3 heteroatoms. The summed E-state index contributed by atoms with van der Waals surface area (Å²) in [5.41, 5.74) is 0.633. The second-order valence-corrected chi connectivity index (χ2v) is 6.68. The van der Waals surface area contributed by atoms with Crippen molar-refractivity contribution in [3.63, 3.8) is 0 Å². The SMILES string of the molecule is CC(C)C1CCC2(C)C(O)C(O)CC(CO)=CC12. The first-order chi connectivity index (χ1) is 8.40.